The molecule has 2 rings (SSSR count). The third-order valence-corrected chi connectivity index (χ3v) is 3.82. The molecular weight excluding hydrogens is 298 g/mol. The molecule has 1 aromatic carbocycles. The summed E-state index contributed by atoms with van der Waals surface area (Å²) in [5.74, 6) is 0. The zero-order valence-corrected chi connectivity index (χ0v) is 13.9. The maximum atomic E-state index is 11.6. The van der Waals surface area contributed by atoms with Crippen LogP contribution in [0.3, 0.4) is 0 Å². The van der Waals surface area contributed by atoms with E-state index >= 15 is 0 Å². The Bertz CT molecular complexity index is 605. The van der Waals surface area contributed by atoms with E-state index in [0.717, 1.165) is 16.3 Å². The minimum absolute atomic E-state index is 0.0236. The Kier molecular flexibility index (Phi) is 5.51. The first-order valence-corrected chi connectivity index (χ1v) is 7.97. The molecule has 0 saturated carbocycles. The van der Waals surface area contributed by atoms with Crippen molar-refractivity contribution in [1.82, 2.24) is 15.8 Å². The zero-order chi connectivity index (χ0) is 16.0. The van der Waals surface area contributed by atoms with E-state index in [1.54, 1.807) is 11.3 Å². The molecule has 0 aliphatic carbocycles. The summed E-state index contributed by atoms with van der Waals surface area (Å²) in [6.07, 6.45) is 0. The van der Waals surface area contributed by atoms with Gasteiger partial charge in [0.2, 0.25) is 0 Å². The topological polar surface area (TPSA) is 63.2 Å². The van der Waals surface area contributed by atoms with E-state index in [-0.39, 0.29) is 11.4 Å². The summed E-state index contributed by atoms with van der Waals surface area (Å²) in [6.45, 7) is 7.07. The maximum Gasteiger partial charge on any atom is 0.339 e. The summed E-state index contributed by atoms with van der Waals surface area (Å²) in [4.78, 5) is 21.3. The summed E-state index contributed by atoms with van der Waals surface area (Å²) in [6, 6.07) is 9.28. The molecule has 0 atom stereocenters. The van der Waals surface area contributed by atoms with E-state index in [2.05, 4.69) is 36.6 Å². The lowest BCUT2D eigenvalue weighted by atomic mass is 9.93. The molecule has 0 radical (unpaired) electrons. The molecule has 0 aliphatic rings. The standard InChI is InChI=1S/C16H21N3O2S/c1-16(2,3)13-11-22-14(18-13)9-17-15(20)19-21-10-12-7-5-4-6-8-12/h4-8,11H,9-10H2,1-3H3,(H2,17,19,20). The van der Waals surface area contributed by atoms with Gasteiger partial charge >= 0.3 is 6.03 Å². The minimum Gasteiger partial charge on any atom is -0.330 e. The predicted molar refractivity (Wildman–Crippen MR) is 87.4 cm³/mol. The summed E-state index contributed by atoms with van der Waals surface area (Å²) >= 11 is 1.54. The normalized spacial score (nSPS) is 11.2. The van der Waals surface area contributed by atoms with Crippen LogP contribution in [0.2, 0.25) is 0 Å². The molecule has 5 nitrogen and oxygen atoms in total. The SMILES string of the molecule is CC(C)(C)c1csc(CNC(=O)NOCc2ccccc2)n1. The number of benzene rings is 1. The van der Waals surface area contributed by atoms with Crippen molar-refractivity contribution in [2.75, 3.05) is 0 Å². The fourth-order valence-electron chi connectivity index (χ4n) is 1.69. The molecule has 22 heavy (non-hydrogen) atoms. The number of urea groups is 1. The van der Waals surface area contributed by atoms with Crippen molar-refractivity contribution in [1.29, 1.82) is 0 Å². The van der Waals surface area contributed by atoms with Crippen molar-refractivity contribution in [3.8, 4) is 0 Å². The molecular formula is C16H21N3O2S. The van der Waals surface area contributed by atoms with Gasteiger partial charge < -0.3 is 5.32 Å². The second-order valence-electron chi connectivity index (χ2n) is 5.94. The van der Waals surface area contributed by atoms with Gasteiger partial charge in [-0.25, -0.2) is 15.3 Å². The number of amides is 2. The molecule has 0 unspecified atom stereocenters. The Balaban J connectivity index is 1.70. The first kappa shape index (κ1) is 16.5. The lowest BCUT2D eigenvalue weighted by Crippen LogP contribution is -2.34. The van der Waals surface area contributed by atoms with Crippen LogP contribution in [0.25, 0.3) is 0 Å². The molecule has 2 amide bonds. The van der Waals surface area contributed by atoms with Crippen LogP contribution in [0.4, 0.5) is 4.79 Å². The van der Waals surface area contributed by atoms with Crippen molar-refractivity contribution in [3.63, 3.8) is 0 Å². The van der Waals surface area contributed by atoms with Crippen molar-refractivity contribution in [2.45, 2.75) is 39.3 Å². The van der Waals surface area contributed by atoms with Gasteiger partial charge in [-0.3, -0.25) is 4.84 Å². The fraction of sp³-hybridized carbons (Fsp3) is 0.375. The highest BCUT2D eigenvalue weighted by Crippen LogP contribution is 2.23. The molecule has 0 aliphatic heterocycles. The second-order valence-corrected chi connectivity index (χ2v) is 6.88. The number of carbonyl (C=O) groups is 1. The van der Waals surface area contributed by atoms with E-state index < -0.39 is 0 Å². The Morgan fingerprint density at radius 3 is 2.64 bits per heavy atom. The van der Waals surface area contributed by atoms with Crippen LogP contribution < -0.4 is 10.8 Å². The van der Waals surface area contributed by atoms with Crippen LogP contribution in [0, 0.1) is 0 Å². The first-order chi connectivity index (χ1) is 10.4. The Labute approximate surface area is 134 Å². The molecule has 1 aromatic heterocycles. The maximum absolute atomic E-state index is 11.6. The molecule has 0 saturated heterocycles. The van der Waals surface area contributed by atoms with Crippen LogP contribution >= 0.6 is 11.3 Å². The quantitative estimate of drug-likeness (QED) is 0.831. The van der Waals surface area contributed by atoms with Gasteiger partial charge in [-0.1, -0.05) is 51.1 Å². The highest BCUT2D eigenvalue weighted by atomic mass is 32.1. The largest absolute Gasteiger partial charge is 0.339 e. The van der Waals surface area contributed by atoms with Gasteiger partial charge in [-0.05, 0) is 5.56 Å². The average Bonchev–Trinajstić information content (AvgIpc) is 2.95. The van der Waals surface area contributed by atoms with Gasteiger partial charge in [-0.2, -0.15) is 0 Å². The van der Waals surface area contributed by atoms with E-state index in [9.17, 15) is 4.79 Å². The third kappa shape index (κ3) is 5.13. The smallest absolute Gasteiger partial charge is 0.330 e. The number of hydroxylamine groups is 1. The van der Waals surface area contributed by atoms with Crippen molar-refractivity contribution in [2.24, 2.45) is 0 Å². The highest BCUT2D eigenvalue weighted by Gasteiger charge is 2.17. The van der Waals surface area contributed by atoms with E-state index in [0.29, 0.717) is 13.2 Å². The van der Waals surface area contributed by atoms with Crippen molar-refractivity contribution in [3.05, 3.63) is 52.0 Å². The van der Waals surface area contributed by atoms with Crippen LogP contribution in [0.1, 0.15) is 37.0 Å². The van der Waals surface area contributed by atoms with Gasteiger partial charge in [0.25, 0.3) is 0 Å². The first-order valence-electron chi connectivity index (χ1n) is 7.09. The lowest BCUT2D eigenvalue weighted by Gasteiger charge is -2.14. The number of hydrogen-bond donors (Lipinski definition) is 2. The number of aromatic nitrogens is 1. The van der Waals surface area contributed by atoms with Gasteiger partial charge in [0.15, 0.2) is 0 Å². The van der Waals surface area contributed by atoms with Crippen LogP contribution in [0.5, 0.6) is 0 Å². The summed E-state index contributed by atoms with van der Waals surface area (Å²) in [7, 11) is 0. The Morgan fingerprint density at radius 1 is 1.27 bits per heavy atom. The summed E-state index contributed by atoms with van der Waals surface area (Å²) in [5.41, 5.74) is 4.42. The molecule has 118 valence electrons. The average molecular weight is 319 g/mol. The number of nitrogens with zero attached hydrogens (tertiary/aromatic N) is 1. The van der Waals surface area contributed by atoms with Crippen LogP contribution in [0.15, 0.2) is 35.7 Å². The van der Waals surface area contributed by atoms with E-state index in [1.165, 1.54) is 0 Å². The van der Waals surface area contributed by atoms with Crippen molar-refractivity contribution < 1.29 is 9.63 Å². The number of hydrogen-bond acceptors (Lipinski definition) is 4. The molecule has 0 fully saturated rings. The Hall–Kier alpha value is -1.92. The minimum atomic E-state index is -0.372. The summed E-state index contributed by atoms with van der Waals surface area (Å²) < 4.78 is 0. The molecule has 1 heterocycles. The molecule has 2 N–H and O–H groups in total. The second kappa shape index (κ2) is 7.38. The van der Waals surface area contributed by atoms with Crippen LogP contribution in [-0.4, -0.2) is 11.0 Å². The molecule has 6 heteroatoms. The van der Waals surface area contributed by atoms with Gasteiger partial charge in [-0.15, -0.1) is 11.3 Å². The van der Waals surface area contributed by atoms with Crippen molar-refractivity contribution >= 4 is 17.4 Å². The monoisotopic (exact) mass is 319 g/mol. The Morgan fingerprint density at radius 2 is 2.00 bits per heavy atom. The fourth-order valence-corrected chi connectivity index (χ4v) is 2.65. The van der Waals surface area contributed by atoms with Crippen LogP contribution in [-0.2, 0) is 23.4 Å². The van der Waals surface area contributed by atoms with Gasteiger partial charge in [0.05, 0.1) is 18.8 Å². The highest BCUT2D eigenvalue weighted by molar-refractivity contribution is 7.09. The number of thiazole rings is 1. The number of nitrogens with one attached hydrogen (secondary N) is 2. The number of carbonyl (C=O) groups excluding carboxylic acids is 1. The molecule has 2 aromatic rings. The lowest BCUT2D eigenvalue weighted by molar-refractivity contribution is 0.0489. The van der Waals surface area contributed by atoms with Gasteiger partial charge in [0, 0.05) is 10.8 Å². The summed E-state index contributed by atoms with van der Waals surface area (Å²) in [5, 5.41) is 5.63. The molecule has 0 spiro atoms. The number of rotatable bonds is 5. The molecule has 0 bridgehead atoms. The van der Waals surface area contributed by atoms with Gasteiger partial charge in [0.1, 0.15) is 5.01 Å². The predicted octanol–water partition coefficient (Wildman–Crippen LogP) is 3.37. The van der Waals surface area contributed by atoms with E-state index in [1.807, 2.05) is 35.7 Å². The zero-order valence-electron chi connectivity index (χ0n) is 13.1. The van der Waals surface area contributed by atoms with E-state index in [4.69, 9.17) is 4.84 Å². The third-order valence-electron chi connectivity index (χ3n) is 2.97.